The molecule has 0 saturated heterocycles. The first-order chi connectivity index (χ1) is 47.3. The second-order valence-electron chi connectivity index (χ2n) is 29.7. The molecular formula is C95H128O2. The molecule has 0 atom stereocenters. The summed E-state index contributed by atoms with van der Waals surface area (Å²) in [6.45, 7) is 25.3. The Kier molecular flexibility index (Phi) is 32.7. The van der Waals surface area contributed by atoms with Gasteiger partial charge in [0.25, 0.3) is 0 Å². The van der Waals surface area contributed by atoms with Gasteiger partial charge in [0.1, 0.15) is 17.2 Å². The first-order valence-corrected chi connectivity index (χ1v) is 39.2. The molecule has 520 valence electrons. The molecule has 4 fully saturated rings. The number of rotatable bonds is 12. The van der Waals surface area contributed by atoms with Crippen LogP contribution in [0.25, 0.3) is 0 Å². The fraction of sp³-hybridized carbons (Fsp3) is 0.495. The zero-order valence-corrected chi connectivity index (χ0v) is 62.8. The molecule has 0 bridgehead atoms. The minimum Gasteiger partial charge on any atom is -0.493 e. The van der Waals surface area contributed by atoms with Crippen molar-refractivity contribution in [3.63, 3.8) is 0 Å². The summed E-state index contributed by atoms with van der Waals surface area (Å²) in [5, 5.41) is 0. The maximum atomic E-state index is 5.80. The van der Waals surface area contributed by atoms with Crippen molar-refractivity contribution in [3.05, 3.63) is 264 Å². The van der Waals surface area contributed by atoms with Gasteiger partial charge in [0.2, 0.25) is 0 Å². The van der Waals surface area contributed by atoms with Gasteiger partial charge in [-0.2, -0.15) is 0 Å². The van der Waals surface area contributed by atoms with E-state index >= 15 is 0 Å². The molecule has 1 heterocycles. The summed E-state index contributed by atoms with van der Waals surface area (Å²) >= 11 is 0. The van der Waals surface area contributed by atoms with E-state index in [1.54, 1.807) is 55.6 Å². The highest BCUT2D eigenvalue weighted by Crippen LogP contribution is 2.41. The number of aryl methyl sites for hydroxylation is 9. The Morgan fingerprint density at radius 1 is 0.320 bits per heavy atom. The third-order valence-corrected chi connectivity index (χ3v) is 22.6. The van der Waals surface area contributed by atoms with Gasteiger partial charge in [0.15, 0.2) is 0 Å². The summed E-state index contributed by atoms with van der Waals surface area (Å²) in [7, 11) is 0. The number of ether oxygens (including phenoxy) is 2. The average Bonchev–Trinajstić information content (AvgIpc) is 2.30. The molecular weight excluding hydrogens is 1170 g/mol. The van der Waals surface area contributed by atoms with Crippen molar-refractivity contribution in [3.8, 4) is 17.2 Å². The lowest BCUT2D eigenvalue weighted by Crippen LogP contribution is -2.11. The molecule has 2 heteroatoms. The summed E-state index contributed by atoms with van der Waals surface area (Å²) in [6.07, 6.45) is 42.6. The van der Waals surface area contributed by atoms with E-state index in [4.69, 9.17) is 9.47 Å². The lowest BCUT2D eigenvalue weighted by Gasteiger charge is -2.28. The van der Waals surface area contributed by atoms with Gasteiger partial charge in [-0.25, -0.2) is 0 Å². The quantitative estimate of drug-likeness (QED) is 0.121. The van der Waals surface area contributed by atoms with Gasteiger partial charge in [-0.1, -0.05) is 231 Å². The molecule has 97 heavy (non-hydrogen) atoms. The van der Waals surface area contributed by atoms with Crippen molar-refractivity contribution in [1.82, 2.24) is 0 Å². The Labute approximate surface area is 592 Å². The summed E-state index contributed by atoms with van der Waals surface area (Å²) in [4.78, 5) is 0. The highest BCUT2D eigenvalue weighted by Gasteiger charge is 2.23. The van der Waals surface area contributed by atoms with E-state index in [9.17, 15) is 0 Å². The Balaban J connectivity index is 0.000000146. The fourth-order valence-electron chi connectivity index (χ4n) is 16.4. The van der Waals surface area contributed by atoms with E-state index in [-0.39, 0.29) is 0 Å². The molecule has 6 aliphatic rings. The van der Waals surface area contributed by atoms with Crippen LogP contribution in [0.4, 0.5) is 0 Å². The van der Waals surface area contributed by atoms with Crippen LogP contribution in [0.3, 0.4) is 0 Å². The van der Waals surface area contributed by atoms with Crippen molar-refractivity contribution >= 4 is 0 Å². The molecule has 0 unspecified atom stereocenters. The molecule has 4 saturated carbocycles. The number of para-hydroxylation sites is 1. The molecule has 8 aromatic carbocycles. The van der Waals surface area contributed by atoms with Crippen LogP contribution in [0.2, 0.25) is 0 Å². The van der Waals surface area contributed by atoms with Gasteiger partial charge in [0.05, 0.1) is 6.61 Å². The van der Waals surface area contributed by atoms with Gasteiger partial charge < -0.3 is 9.47 Å². The highest BCUT2D eigenvalue weighted by molar-refractivity contribution is 5.44. The summed E-state index contributed by atoms with van der Waals surface area (Å²) < 4.78 is 11.3. The third-order valence-electron chi connectivity index (χ3n) is 22.6. The summed E-state index contributed by atoms with van der Waals surface area (Å²) in [5.41, 5.74) is 27.2. The van der Waals surface area contributed by atoms with Crippen LogP contribution in [0, 0.1) is 62.3 Å². The van der Waals surface area contributed by atoms with Crippen LogP contribution >= 0.6 is 0 Å². The van der Waals surface area contributed by atoms with E-state index in [1.165, 1.54) is 237 Å². The summed E-state index contributed by atoms with van der Waals surface area (Å²) in [5.74, 6) is 6.32. The molecule has 0 radical (unpaired) electrons. The van der Waals surface area contributed by atoms with E-state index < -0.39 is 0 Å². The lowest BCUT2D eigenvalue weighted by molar-refractivity contribution is 0.288. The third kappa shape index (κ3) is 24.1. The van der Waals surface area contributed by atoms with Crippen LogP contribution in [0.15, 0.2) is 164 Å². The lowest BCUT2D eigenvalue weighted by atomic mass is 9.77. The van der Waals surface area contributed by atoms with Crippen LogP contribution < -0.4 is 9.47 Å². The molecule has 0 aromatic heterocycles. The SMILES string of the molecule is CCCCc1cccc(CCCC)c1C.Cc1c(C2CCCCC2)cccc1C1CCCCC1.Cc1cc(Oc2ccccc2)cc(C)c1C.Cc1cccc2c1CCCC2.Cc1cccc2c1CCCO2.Cc1ccccc1C1CCCC1.Cc1ccccc1C1CCCCC1. The Hall–Kier alpha value is -6.64. The molecule has 1 aliphatic heterocycles. The molecule has 0 spiro atoms. The van der Waals surface area contributed by atoms with Gasteiger partial charge in [-0.05, 0) is 332 Å². The van der Waals surface area contributed by atoms with Gasteiger partial charge in [-0.15, -0.1) is 0 Å². The smallest absolute Gasteiger partial charge is 0.127 e. The highest BCUT2D eigenvalue weighted by atomic mass is 16.5. The van der Waals surface area contributed by atoms with Gasteiger partial charge in [0, 0.05) is 0 Å². The van der Waals surface area contributed by atoms with E-state index in [0.29, 0.717) is 0 Å². The van der Waals surface area contributed by atoms with Gasteiger partial charge in [-0.3, -0.25) is 0 Å². The fourth-order valence-corrected chi connectivity index (χ4v) is 16.4. The van der Waals surface area contributed by atoms with Crippen molar-refractivity contribution < 1.29 is 9.47 Å². The molecule has 0 amide bonds. The van der Waals surface area contributed by atoms with E-state index in [0.717, 1.165) is 53.9 Å². The maximum Gasteiger partial charge on any atom is 0.127 e. The first-order valence-electron chi connectivity index (χ1n) is 39.2. The van der Waals surface area contributed by atoms with Crippen LogP contribution in [-0.2, 0) is 32.1 Å². The predicted molar refractivity (Wildman–Crippen MR) is 421 cm³/mol. The normalized spacial score (nSPS) is 16.1. The Morgan fingerprint density at radius 3 is 1.21 bits per heavy atom. The van der Waals surface area contributed by atoms with Crippen molar-refractivity contribution in [2.75, 3.05) is 6.61 Å². The average molecular weight is 1300 g/mol. The first kappa shape index (κ1) is 76.1. The molecule has 8 aromatic rings. The molecule has 0 N–H and O–H groups in total. The van der Waals surface area contributed by atoms with E-state index in [1.807, 2.05) is 30.3 Å². The van der Waals surface area contributed by atoms with Crippen molar-refractivity contribution in [2.45, 2.75) is 299 Å². The maximum absolute atomic E-state index is 5.80. The minimum absolute atomic E-state index is 0.856. The zero-order chi connectivity index (χ0) is 68.6. The second kappa shape index (κ2) is 41.7. The Bertz CT molecular complexity index is 3400. The van der Waals surface area contributed by atoms with Gasteiger partial charge >= 0.3 is 0 Å². The number of unbranched alkanes of at least 4 members (excludes halogenated alkanes) is 2. The topological polar surface area (TPSA) is 18.5 Å². The number of fused-ring (bicyclic) bond motifs is 2. The molecule has 2 nitrogen and oxygen atoms in total. The largest absolute Gasteiger partial charge is 0.493 e. The van der Waals surface area contributed by atoms with Crippen LogP contribution in [-0.4, -0.2) is 6.61 Å². The minimum atomic E-state index is 0.856. The standard InChI is InChI=1S/C19H28.C15H16O.C15H24.C13H18.C12H16.C11H14.C10H12O/c1-15-18(16-9-4-2-5-10-16)13-8-14-19(15)17-11-6-3-7-12-17;1-11-9-15(10-12(2)13(11)3)16-14-7-5-4-6-8-14;1-4-6-9-14-11-8-12-15(13(14)3)10-7-5-2;1-11-7-5-6-10-13(11)12-8-3-2-4-9-12;1-10-6-2-5-9-12(10)11-7-3-4-8-11;1-9-5-4-7-10-6-2-3-8-11(9)10;1-8-4-2-6-10-9(8)5-3-7-11-10/h8,13-14,16-17H,2-7,9-12H2,1H3;4-10H,1-3H3;8,11-12H,4-7,9-10H2,1-3H3;5-7,10,12H,2-4,8-9H2,1H3;2,5-6,9,11H,3-4,7-8H2,1H3;4-5,7H,2-3,6,8H2,1H3;2,4,6H,3,5,7H2,1H3. The zero-order valence-electron chi connectivity index (χ0n) is 62.8. The van der Waals surface area contributed by atoms with Crippen molar-refractivity contribution in [1.29, 1.82) is 0 Å². The number of benzene rings is 8. The van der Waals surface area contributed by atoms with Crippen LogP contribution in [0.1, 0.15) is 305 Å². The molecule has 14 rings (SSSR count). The van der Waals surface area contributed by atoms with Crippen molar-refractivity contribution in [2.24, 2.45) is 0 Å². The molecule has 5 aliphatic carbocycles. The summed E-state index contributed by atoms with van der Waals surface area (Å²) in [6, 6.07) is 58.6. The monoisotopic (exact) mass is 1300 g/mol. The second-order valence-corrected chi connectivity index (χ2v) is 29.7. The van der Waals surface area contributed by atoms with E-state index in [2.05, 4.69) is 210 Å². The number of hydrogen-bond acceptors (Lipinski definition) is 2. The number of hydrogen-bond donors (Lipinski definition) is 0. The predicted octanol–water partition coefficient (Wildman–Crippen LogP) is 28.1. The van der Waals surface area contributed by atoms with Crippen LogP contribution in [0.5, 0.6) is 17.2 Å². The Morgan fingerprint density at radius 2 is 0.722 bits per heavy atom.